The minimum atomic E-state index is -4.60. The highest BCUT2D eigenvalue weighted by molar-refractivity contribution is 7.91. The standard InChI is InChI=1S/C20H24F3N5O2S/c1-4-31(29,30)19-16(26-17(28(19)3)12-8-6-5-7-9-12)18-25-13-10-15(20(21,22)23)24-11-14(13)27(18)2/h10-12H,4-9H2,1-3H3. The van der Waals surface area contributed by atoms with Crippen molar-refractivity contribution in [2.45, 2.75) is 56.1 Å². The average Bonchev–Trinajstić information content (AvgIpc) is 3.25. The Hall–Kier alpha value is -2.43. The van der Waals surface area contributed by atoms with Gasteiger partial charge in [-0.2, -0.15) is 13.2 Å². The summed E-state index contributed by atoms with van der Waals surface area (Å²) in [4.78, 5) is 12.6. The molecule has 31 heavy (non-hydrogen) atoms. The van der Waals surface area contributed by atoms with Gasteiger partial charge in [-0.25, -0.2) is 23.4 Å². The van der Waals surface area contributed by atoms with E-state index < -0.39 is 21.7 Å². The number of aryl methyl sites for hydroxylation is 1. The molecule has 0 atom stereocenters. The zero-order valence-electron chi connectivity index (χ0n) is 17.6. The predicted molar refractivity (Wildman–Crippen MR) is 109 cm³/mol. The maximum absolute atomic E-state index is 13.1. The molecular weight excluding hydrogens is 431 g/mol. The Bertz CT molecular complexity index is 1240. The smallest absolute Gasteiger partial charge is 0.324 e. The highest BCUT2D eigenvalue weighted by Gasteiger charge is 2.34. The molecular formula is C20H24F3N5O2S. The zero-order chi connectivity index (χ0) is 22.6. The van der Waals surface area contributed by atoms with Crippen LogP contribution >= 0.6 is 0 Å². The van der Waals surface area contributed by atoms with Gasteiger partial charge in [0.15, 0.2) is 20.7 Å². The molecule has 0 N–H and O–H groups in total. The molecule has 0 aromatic carbocycles. The van der Waals surface area contributed by atoms with Crippen molar-refractivity contribution in [2.75, 3.05) is 5.75 Å². The first-order chi connectivity index (χ1) is 14.5. The van der Waals surface area contributed by atoms with Crippen LogP contribution < -0.4 is 0 Å². The van der Waals surface area contributed by atoms with Gasteiger partial charge in [0.25, 0.3) is 0 Å². The Morgan fingerprint density at radius 1 is 1.10 bits per heavy atom. The summed E-state index contributed by atoms with van der Waals surface area (Å²) in [7, 11) is -0.348. The summed E-state index contributed by atoms with van der Waals surface area (Å²) in [5.41, 5.74) is -0.413. The average molecular weight is 456 g/mol. The maximum atomic E-state index is 13.1. The molecule has 7 nitrogen and oxygen atoms in total. The molecule has 1 aliphatic rings. The topological polar surface area (TPSA) is 82.7 Å². The second kappa shape index (κ2) is 7.61. The fourth-order valence-electron chi connectivity index (χ4n) is 4.32. The van der Waals surface area contributed by atoms with Crippen molar-refractivity contribution in [1.82, 2.24) is 24.1 Å². The van der Waals surface area contributed by atoms with Crippen LogP contribution in [0.1, 0.15) is 56.5 Å². The molecule has 3 aromatic heterocycles. The zero-order valence-corrected chi connectivity index (χ0v) is 18.4. The van der Waals surface area contributed by atoms with E-state index in [1.165, 1.54) is 0 Å². The van der Waals surface area contributed by atoms with Crippen LogP contribution in [0, 0.1) is 0 Å². The van der Waals surface area contributed by atoms with Crippen LogP contribution in [0.15, 0.2) is 17.3 Å². The number of nitrogens with zero attached hydrogens (tertiary/aromatic N) is 5. The van der Waals surface area contributed by atoms with Gasteiger partial charge < -0.3 is 9.13 Å². The van der Waals surface area contributed by atoms with Crippen molar-refractivity contribution in [2.24, 2.45) is 14.1 Å². The highest BCUT2D eigenvalue weighted by atomic mass is 32.2. The largest absolute Gasteiger partial charge is 0.433 e. The van der Waals surface area contributed by atoms with Crippen molar-refractivity contribution in [1.29, 1.82) is 0 Å². The van der Waals surface area contributed by atoms with Crippen LogP contribution in [0.5, 0.6) is 0 Å². The van der Waals surface area contributed by atoms with Crippen LogP contribution in [0.25, 0.3) is 22.6 Å². The second-order valence-electron chi connectivity index (χ2n) is 7.97. The van der Waals surface area contributed by atoms with Crippen LogP contribution in [0.4, 0.5) is 13.2 Å². The predicted octanol–water partition coefficient (Wildman–Crippen LogP) is 4.23. The van der Waals surface area contributed by atoms with Gasteiger partial charge in [-0.15, -0.1) is 0 Å². The number of halogens is 3. The first-order valence-corrected chi connectivity index (χ1v) is 11.9. The van der Waals surface area contributed by atoms with E-state index >= 15 is 0 Å². The van der Waals surface area contributed by atoms with E-state index in [1.807, 2.05) is 0 Å². The first kappa shape index (κ1) is 21.8. The number of imidazole rings is 2. The van der Waals surface area contributed by atoms with Crippen molar-refractivity contribution in [3.8, 4) is 11.5 Å². The molecule has 0 radical (unpaired) electrons. The van der Waals surface area contributed by atoms with E-state index in [4.69, 9.17) is 4.98 Å². The maximum Gasteiger partial charge on any atom is 0.433 e. The lowest BCUT2D eigenvalue weighted by molar-refractivity contribution is -0.141. The summed E-state index contributed by atoms with van der Waals surface area (Å²) in [5.74, 6) is 0.920. The molecule has 1 saturated carbocycles. The Morgan fingerprint density at radius 3 is 2.39 bits per heavy atom. The van der Waals surface area contributed by atoms with Crippen LogP contribution in [-0.2, 0) is 30.1 Å². The van der Waals surface area contributed by atoms with E-state index in [-0.39, 0.29) is 33.7 Å². The van der Waals surface area contributed by atoms with Crippen LogP contribution in [-0.4, -0.2) is 38.3 Å². The lowest BCUT2D eigenvalue weighted by Crippen LogP contribution is -2.14. The van der Waals surface area contributed by atoms with Gasteiger partial charge in [0.05, 0.1) is 23.0 Å². The van der Waals surface area contributed by atoms with Gasteiger partial charge in [0.2, 0.25) is 0 Å². The molecule has 1 aliphatic carbocycles. The fourth-order valence-corrected chi connectivity index (χ4v) is 5.54. The van der Waals surface area contributed by atoms with Crippen molar-refractivity contribution >= 4 is 20.9 Å². The summed E-state index contributed by atoms with van der Waals surface area (Å²) in [6.45, 7) is 1.56. The number of hydrogen-bond acceptors (Lipinski definition) is 5. The fraction of sp³-hybridized carbons (Fsp3) is 0.550. The molecule has 0 bridgehead atoms. The van der Waals surface area contributed by atoms with Gasteiger partial charge >= 0.3 is 6.18 Å². The number of aromatic nitrogens is 5. The van der Waals surface area contributed by atoms with E-state index in [0.29, 0.717) is 11.3 Å². The molecule has 0 amide bonds. The van der Waals surface area contributed by atoms with Gasteiger partial charge in [-0.1, -0.05) is 26.2 Å². The van der Waals surface area contributed by atoms with Crippen molar-refractivity contribution in [3.05, 3.63) is 23.8 Å². The number of sulfone groups is 1. The van der Waals surface area contributed by atoms with Crippen molar-refractivity contribution in [3.63, 3.8) is 0 Å². The number of hydrogen-bond donors (Lipinski definition) is 0. The second-order valence-corrected chi connectivity index (χ2v) is 10.2. The molecule has 0 aliphatic heterocycles. The summed E-state index contributed by atoms with van der Waals surface area (Å²) >= 11 is 0. The molecule has 11 heteroatoms. The Balaban J connectivity index is 1.94. The van der Waals surface area contributed by atoms with Gasteiger partial charge in [-0.3, -0.25) is 0 Å². The van der Waals surface area contributed by atoms with Gasteiger partial charge in [-0.05, 0) is 18.9 Å². The Morgan fingerprint density at radius 2 is 1.77 bits per heavy atom. The Kier molecular flexibility index (Phi) is 5.35. The molecule has 3 aromatic rings. The minimum Gasteiger partial charge on any atom is -0.324 e. The van der Waals surface area contributed by atoms with Gasteiger partial charge in [0, 0.05) is 20.0 Å². The van der Waals surface area contributed by atoms with E-state index in [0.717, 1.165) is 44.4 Å². The third kappa shape index (κ3) is 3.72. The number of rotatable bonds is 4. The molecule has 3 heterocycles. The molecule has 0 saturated heterocycles. The summed E-state index contributed by atoms with van der Waals surface area (Å²) in [6.07, 6.45) is 1.62. The van der Waals surface area contributed by atoms with Gasteiger partial charge in [0.1, 0.15) is 17.2 Å². The van der Waals surface area contributed by atoms with E-state index in [1.54, 1.807) is 30.2 Å². The number of alkyl halides is 3. The lowest BCUT2D eigenvalue weighted by Gasteiger charge is -2.21. The summed E-state index contributed by atoms with van der Waals surface area (Å²) in [6, 6.07) is 0.873. The third-order valence-corrected chi connectivity index (χ3v) is 7.81. The minimum absolute atomic E-state index is 0.0537. The highest BCUT2D eigenvalue weighted by Crippen LogP contribution is 2.37. The van der Waals surface area contributed by atoms with Crippen LogP contribution in [0.3, 0.4) is 0 Å². The summed E-state index contributed by atoms with van der Waals surface area (Å²) in [5, 5.41) is 0.0537. The Labute approximate surface area is 178 Å². The molecule has 0 unspecified atom stereocenters. The third-order valence-electron chi connectivity index (χ3n) is 5.99. The van der Waals surface area contributed by atoms with Crippen LogP contribution in [0.2, 0.25) is 0 Å². The normalized spacial score (nSPS) is 16.3. The monoisotopic (exact) mass is 455 g/mol. The first-order valence-electron chi connectivity index (χ1n) is 10.2. The lowest BCUT2D eigenvalue weighted by atomic mass is 9.89. The molecule has 168 valence electrons. The van der Waals surface area contributed by atoms with E-state index in [9.17, 15) is 21.6 Å². The number of pyridine rings is 1. The quantitative estimate of drug-likeness (QED) is 0.588. The summed E-state index contributed by atoms with van der Waals surface area (Å²) < 4.78 is 68.4. The molecule has 4 rings (SSSR count). The van der Waals surface area contributed by atoms with E-state index in [2.05, 4.69) is 9.97 Å². The number of fused-ring (bicyclic) bond motifs is 1. The molecule has 0 spiro atoms. The molecule has 1 fully saturated rings. The SMILES string of the molecule is CCS(=O)(=O)c1c(-c2nc3cc(C(F)(F)F)ncc3n2C)nc(C2CCCCC2)n1C. The van der Waals surface area contributed by atoms with Crippen molar-refractivity contribution < 1.29 is 21.6 Å².